The van der Waals surface area contributed by atoms with Crippen LogP contribution in [0.15, 0.2) is 24.3 Å². The lowest BCUT2D eigenvalue weighted by atomic mass is 10.1. The largest absolute Gasteiger partial charge is 0.481 e. The third-order valence-corrected chi connectivity index (χ3v) is 1.94. The van der Waals surface area contributed by atoms with E-state index in [9.17, 15) is 4.79 Å². The van der Waals surface area contributed by atoms with Crippen molar-refractivity contribution in [1.29, 1.82) is 0 Å². The Morgan fingerprint density at radius 2 is 2.33 bits per heavy atom. The maximum atomic E-state index is 10.2. The van der Waals surface area contributed by atoms with Crippen LogP contribution in [0.3, 0.4) is 0 Å². The van der Waals surface area contributed by atoms with Crippen LogP contribution in [0.5, 0.6) is 5.75 Å². The number of hydrogen-bond acceptors (Lipinski definition) is 2. The lowest BCUT2D eigenvalue weighted by molar-refractivity contribution is -0.107. The van der Waals surface area contributed by atoms with Crippen LogP contribution in [-0.2, 0) is 11.2 Å². The Labute approximate surface area is 90.3 Å². The van der Waals surface area contributed by atoms with Gasteiger partial charge in [-0.15, -0.1) is 5.92 Å². The first-order valence-corrected chi connectivity index (χ1v) is 4.92. The molecule has 0 bridgehead atoms. The molecule has 0 saturated heterocycles. The van der Waals surface area contributed by atoms with E-state index in [-0.39, 0.29) is 0 Å². The van der Waals surface area contributed by atoms with E-state index in [0.29, 0.717) is 13.0 Å². The van der Waals surface area contributed by atoms with Crippen LogP contribution < -0.4 is 4.74 Å². The second-order valence-electron chi connectivity index (χ2n) is 3.07. The molecule has 1 rings (SSSR count). The van der Waals surface area contributed by atoms with E-state index in [2.05, 4.69) is 11.8 Å². The second kappa shape index (κ2) is 6.67. The molecule has 0 fully saturated rings. The number of hydrogen-bond donors (Lipinski definition) is 0. The number of ether oxygens (including phenoxy) is 1. The van der Waals surface area contributed by atoms with Crippen molar-refractivity contribution in [2.75, 3.05) is 6.61 Å². The van der Waals surface area contributed by atoms with E-state index in [1.54, 1.807) is 6.92 Å². The van der Waals surface area contributed by atoms with Crippen LogP contribution in [0, 0.1) is 11.8 Å². The van der Waals surface area contributed by atoms with E-state index in [4.69, 9.17) is 4.74 Å². The maximum absolute atomic E-state index is 10.2. The van der Waals surface area contributed by atoms with E-state index < -0.39 is 0 Å². The van der Waals surface area contributed by atoms with Gasteiger partial charge in [0.2, 0.25) is 0 Å². The van der Waals surface area contributed by atoms with Crippen LogP contribution in [0.4, 0.5) is 0 Å². The van der Waals surface area contributed by atoms with Crippen LogP contribution in [0.1, 0.15) is 18.9 Å². The summed E-state index contributed by atoms with van der Waals surface area (Å²) in [6, 6.07) is 7.75. The van der Waals surface area contributed by atoms with Gasteiger partial charge in [-0.05, 0) is 31.0 Å². The van der Waals surface area contributed by atoms with Gasteiger partial charge >= 0.3 is 0 Å². The number of aldehydes is 1. The minimum Gasteiger partial charge on any atom is -0.481 e. The fourth-order valence-electron chi connectivity index (χ4n) is 1.21. The summed E-state index contributed by atoms with van der Waals surface area (Å²) in [6.07, 6.45) is 2.24. The van der Waals surface area contributed by atoms with Crippen LogP contribution in [0.25, 0.3) is 0 Å². The van der Waals surface area contributed by atoms with Crippen molar-refractivity contribution >= 4 is 6.29 Å². The highest BCUT2D eigenvalue weighted by Gasteiger charge is 1.95. The zero-order valence-corrected chi connectivity index (χ0v) is 8.82. The van der Waals surface area contributed by atoms with Gasteiger partial charge in [0.25, 0.3) is 0 Å². The van der Waals surface area contributed by atoms with Gasteiger partial charge in [-0.2, -0.15) is 0 Å². The van der Waals surface area contributed by atoms with Crippen molar-refractivity contribution in [2.45, 2.75) is 19.8 Å². The summed E-state index contributed by atoms with van der Waals surface area (Å²) in [7, 11) is 0. The molecule has 0 heterocycles. The summed E-state index contributed by atoms with van der Waals surface area (Å²) in [5.41, 5.74) is 1.11. The summed E-state index contributed by atoms with van der Waals surface area (Å²) in [4.78, 5) is 10.2. The second-order valence-corrected chi connectivity index (χ2v) is 3.07. The molecule has 0 aliphatic heterocycles. The molecule has 0 atom stereocenters. The molecule has 0 saturated carbocycles. The van der Waals surface area contributed by atoms with Gasteiger partial charge in [-0.1, -0.05) is 18.1 Å². The van der Waals surface area contributed by atoms with Crippen LogP contribution in [0.2, 0.25) is 0 Å². The summed E-state index contributed by atoms with van der Waals surface area (Å²) >= 11 is 0. The van der Waals surface area contributed by atoms with Gasteiger partial charge < -0.3 is 9.53 Å². The fraction of sp³-hybridized carbons (Fsp3) is 0.308. The Bertz CT molecular complexity index is 372. The number of carbonyl (C=O) groups excluding carboxylic acids is 1. The first-order chi connectivity index (χ1) is 7.36. The summed E-state index contributed by atoms with van der Waals surface area (Å²) in [6.45, 7) is 2.19. The van der Waals surface area contributed by atoms with Crippen molar-refractivity contribution in [3.05, 3.63) is 29.8 Å². The SMILES string of the molecule is CC#CCOc1cccc(CCC=O)c1. The quantitative estimate of drug-likeness (QED) is 0.540. The molecule has 1 aromatic carbocycles. The molecule has 0 N–H and O–H groups in total. The van der Waals surface area contributed by atoms with Gasteiger partial charge in [-0.25, -0.2) is 0 Å². The van der Waals surface area contributed by atoms with Crippen molar-refractivity contribution in [3.8, 4) is 17.6 Å². The zero-order chi connectivity index (χ0) is 10.9. The molecule has 0 aromatic heterocycles. The van der Waals surface area contributed by atoms with Crippen molar-refractivity contribution < 1.29 is 9.53 Å². The number of carbonyl (C=O) groups is 1. The van der Waals surface area contributed by atoms with Gasteiger partial charge in [0.05, 0.1) is 0 Å². The predicted octanol–water partition coefficient (Wildman–Crippen LogP) is 2.22. The van der Waals surface area contributed by atoms with Crippen LogP contribution >= 0.6 is 0 Å². The Morgan fingerprint density at radius 1 is 1.47 bits per heavy atom. The first-order valence-electron chi connectivity index (χ1n) is 4.92. The average molecular weight is 202 g/mol. The highest BCUT2D eigenvalue weighted by Crippen LogP contribution is 2.14. The third kappa shape index (κ3) is 4.33. The molecule has 15 heavy (non-hydrogen) atoms. The lowest BCUT2D eigenvalue weighted by Crippen LogP contribution is -1.94. The average Bonchev–Trinajstić information content (AvgIpc) is 2.27. The van der Waals surface area contributed by atoms with Crippen molar-refractivity contribution in [1.82, 2.24) is 0 Å². The first kappa shape index (κ1) is 11.3. The van der Waals surface area contributed by atoms with E-state index in [1.807, 2.05) is 24.3 Å². The van der Waals surface area contributed by atoms with Gasteiger partial charge in [0.15, 0.2) is 0 Å². The summed E-state index contributed by atoms with van der Waals surface area (Å²) in [5.74, 6) is 6.40. The molecule has 2 heteroatoms. The van der Waals surface area contributed by atoms with Crippen molar-refractivity contribution in [2.24, 2.45) is 0 Å². The predicted molar refractivity (Wildman–Crippen MR) is 59.8 cm³/mol. The van der Waals surface area contributed by atoms with Crippen molar-refractivity contribution in [3.63, 3.8) is 0 Å². The van der Waals surface area contributed by atoms with E-state index in [1.165, 1.54) is 0 Å². The Kier molecular flexibility index (Phi) is 5.03. The zero-order valence-electron chi connectivity index (χ0n) is 8.82. The van der Waals surface area contributed by atoms with Gasteiger partial charge in [-0.3, -0.25) is 0 Å². The Morgan fingerprint density at radius 3 is 3.07 bits per heavy atom. The number of aryl methyl sites for hydroxylation is 1. The molecule has 78 valence electrons. The van der Waals surface area contributed by atoms with Gasteiger partial charge in [0.1, 0.15) is 18.6 Å². The molecule has 0 aliphatic carbocycles. The molecule has 0 radical (unpaired) electrons. The molecule has 1 aromatic rings. The molecule has 2 nitrogen and oxygen atoms in total. The number of rotatable bonds is 5. The van der Waals surface area contributed by atoms with Gasteiger partial charge in [0, 0.05) is 6.42 Å². The maximum Gasteiger partial charge on any atom is 0.149 e. The molecule has 0 aliphatic rings. The minimum atomic E-state index is 0.410. The topological polar surface area (TPSA) is 26.3 Å². The molecule has 0 spiro atoms. The fourth-order valence-corrected chi connectivity index (χ4v) is 1.21. The molecule has 0 amide bonds. The summed E-state index contributed by atoms with van der Waals surface area (Å²) < 4.78 is 5.41. The molecular weight excluding hydrogens is 188 g/mol. The molecule has 0 unspecified atom stereocenters. The Balaban J connectivity index is 2.55. The van der Waals surface area contributed by atoms with E-state index in [0.717, 1.165) is 24.0 Å². The Hall–Kier alpha value is -1.75. The minimum absolute atomic E-state index is 0.410. The highest BCUT2D eigenvalue weighted by atomic mass is 16.5. The molecular formula is C13H14O2. The number of benzene rings is 1. The lowest BCUT2D eigenvalue weighted by Gasteiger charge is -2.04. The van der Waals surface area contributed by atoms with Crippen LogP contribution in [-0.4, -0.2) is 12.9 Å². The normalized spacial score (nSPS) is 8.87. The third-order valence-electron chi connectivity index (χ3n) is 1.94. The standard InChI is InChI=1S/C13H14O2/c1-2-3-10-15-13-8-4-6-12(11-13)7-5-9-14/h4,6,8-9,11H,5,7,10H2,1H3. The summed E-state index contributed by atoms with van der Waals surface area (Å²) in [5, 5.41) is 0. The van der Waals surface area contributed by atoms with E-state index >= 15 is 0 Å². The highest BCUT2D eigenvalue weighted by molar-refractivity contribution is 5.50. The monoisotopic (exact) mass is 202 g/mol. The smallest absolute Gasteiger partial charge is 0.149 e.